The van der Waals surface area contributed by atoms with Gasteiger partial charge in [0.2, 0.25) is 6.29 Å². The van der Waals surface area contributed by atoms with Gasteiger partial charge in [-0.2, -0.15) is 8.78 Å². The molecule has 0 aromatic heterocycles. The number of alkyl halides is 2. The zero-order chi connectivity index (χ0) is 13.4. The van der Waals surface area contributed by atoms with E-state index < -0.39 is 45.0 Å². The second-order valence-electron chi connectivity index (χ2n) is 3.39. The molecule has 0 spiro atoms. The van der Waals surface area contributed by atoms with E-state index in [2.05, 4.69) is 9.26 Å². The van der Waals surface area contributed by atoms with Gasteiger partial charge in [-0.3, -0.25) is 0 Å². The summed E-state index contributed by atoms with van der Waals surface area (Å²) >= 11 is 0. The quantitative estimate of drug-likeness (QED) is 0.381. The number of hydrogen-bond donors (Lipinski definition) is 5. The molecule has 0 aromatic rings. The van der Waals surface area contributed by atoms with Crippen LogP contribution in [0.4, 0.5) is 8.78 Å². The van der Waals surface area contributed by atoms with Crippen LogP contribution in [-0.2, 0) is 13.8 Å². The molecule has 0 saturated carbocycles. The van der Waals surface area contributed by atoms with E-state index in [1.807, 2.05) is 0 Å². The first-order chi connectivity index (χ1) is 7.59. The summed E-state index contributed by atoms with van der Waals surface area (Å²) in [5, 5.41) is 26.8. The van der Waals surface area contributed by atoms with Crippen molar-refractivity contribution in [3.8, 4) is 0 Å². The summed E-state index contributed by atoms with van der Waals surface area (Å²) in [6, 6.07) is 0. The number of phosphoric ester groups is 1. The highest BCUT2D eigenvalue weighted by atomic mass is 31.2. The topological polar surface area (TPSA) is 137 Å². The predicted octanol–water partition coefficient (Wildman–Crippen LogP) is -1.83. The average Bonchev–Trinajstić information content (AvgIpc) is 2.18. The number of hydrogen-bond acceptors (Lipinski definition) is 6. The molecule has 4 atom stereocenters. The summed E-state index contributed by atoms with van der Waals surface area (Å²) in [5.74, 6) is -4.23. The molecule has 0 aromatic carbocycles. The van der Waals surface area contributed by atoms with Crippen LogP contribution < -0.4 is 0 Å². The Morgan fingerprint density at radius 1 is 1.35 bits per heavy atom. The van der Waals surface area contributed by atoms with Crippen LogP contribution in [0, 0.1) is 0 Å². The lowest BCUT2D eigenvalue weighted by Gasteiger charge is -2.41. The molecule has 0 bridgehead atoms. The first-order valence-corrected chi connectivity index (χ1v) is 5.87. The van der Waals surface area contributed by atoms with E-state index in [0.717, 1.165) is 0 Å². The van der Waals surface area contributed by atoms with E-state index >= 15 is 0 Å². The lowest BCUT2D eigenvalue weighted by Crippen LogP contribution is -2.62. The molecule has 0 aliphatic carbocycles. The van der Waals surface area contributed by atoms with Crippen LogP contribution in [0.25, 0.3) is 0 Å². The number of halogens is 2. The van der Waals surface area contributed by atoms with E-state index in [4.69, 9.17) is 25.1 Å². The third-order valence-electron chi connectivity index (χ3n) is 2.12. The van der Waals surface area contributed by atoms with E-state index in [9.17, 15) is 13.3 Å². The summed E-state index contributed by atoms with van der Waals surface area (Å²) < 4.78 is 44.9. The second-order valence-corrected chi connectivity index (χ2v) is 4.59. The molecule has 1 heterocycles. The summed E-state index contributed by atoms with van der Waals surface area (Å²) in [5.41, 5.74) is 0. The van der Waals surface area contributed by atoms with Crippen molar-refractivity contribution in [1.29, 1.82) is 0 Å². The van der Waals surface area contributed by atoms with Gasteiger partial charge in [-0.15, -0.1) is 0 Å². The Hall–Kier alpha value is -0.190. The molecule has 1 aliphatic heterocycles. The van der Waals surface area contributed by atoms with Crippen molar-refractivity contribution < 1.29 is 47.7 Å². The summed E-state index contributed by atoms with van der Waals surface area (Å²) in [6.45, 7) is -0.935. The van der Waals surface area contributed by atoms with Crippen molar-refractivity contribution in [3.05, 3.63) is 0 Å². The average molecular weight is 280 g/mol. The Balaban J connectivity index is 2.92. The number of rotatable bonds is 3. The predicted molar refractivity (Wildman–Crippen MR) is 45.8 cm³/mol. The monoisotopic (exact) mass is 280 g/mol. The Bertz CT molecular complexity index is 319. The van der Waals surface area contributed by atoms with Gasteiger partial charge in [0.25, 0.3) is 0 Å². The Kier molecular flexibility index (Phi) is 4.22. The van der Waals surface area contributed by atoms with Gasteiger partial charge >= 0.3 is 13.7 Å². The zero-order valence-corrected chi connectivity index (χ0v) is 9.07. The molecule has 0 radical (unpaired) electrons. The first-order valence-electron chi connectivity index (χ1n) is 4.34. The largest absolute Gasteiger partial charge is 0.472 e. The van der Waals surface area contributed by atoms with Gasteiger partial charge in [-0.1, -0.05) is 0 Å². The van der Waals surface area contributed by atoms with Gasteiger partial charge in [0.1, 0.15) is 12.2 Å². The van der Waals surface area contributed by atoms with Crippen LogP contribution in [-0.4, -0.2) is 62.2 Å². The normalized spacial score (nSPS) is 38.1. The fourth-order valence-electron chi connectivity index (χ4n) is 1.27. The van der Waals surface area contributed by atoms with Gasteiger partial charge in [0.15, 0.2) is 6.10 Å². The molecule has 0 unspecified atom stereocenters. The fraction of sp³-hybridized carbons (Fsp3) is 1.00. The third-order valence-corrected chi connectivity index (χ3v) is 2.59. The Morgan fingerprint density at radius 2 is 1.88 bits per heavy atom. The smallest absolute Gasteiger partial charge is 0.394 e. The molecular weight excluding hydrogens is 269 g/mol. The minimum absolute atomic E-state index is 0.935. The minimum atomic E-state index is -5.28. The maximum atomic E-state index is 13.3. The molecule has 0 amide bonds. The molecule has 8 nitrogen and oxygen atoms in total. The number of aliphatic hydroxyl groups is 3. The van der Waals surface area contributed by atoms with Crippen molar-refractivity contribution in [3.63, 3.8) is 0 Å². The molecule has 102 valence electrons. The van der Waals surface area contributed by atoms with E-state index in [0.29, 0.717) is 0 Å². The van der Waals surface area contributed by atoms with Crippen LogP contribution in [0.5, 0.6) is 0 Å². The third kappa shape index (κ3) is 3.18. The van der Waals surface area contributed by atoms with E-state index in [1.54, 1.807) is 0 Å². The summed E-state index contributed by atoms with van der Waals surface area (Å²) in [4.78, 5) is 16.8. The molecule has 1 fully saturated rings. The number of aliphatic hydroxyl groups excluding tert-OH is 3. The van der Waals surface area contributed by atoms with Gasteiger partial charge in [-0.05, 0) is 0 Å². The lowest BCUT2D eigenvalue weighted by molar-refractivity contribution is -0.340. The van der Waals surface area contributed by atoms with Crippen LogP contribution in [0.1, 0.15) is 0 Å². The van der Waals surface area contributed by atoms with Gasteiger partial charge in [0, 0.05) is 0 Å². The Labute approximate surface area is 93.6 Å². The van der Waals surface area contributed by atoms with Crippen LogP contribution in [0.3, 0.4) is 0 Å². The highest BCUT2D eigenvalue weighted by Crippen LogP contribution is 2.45. The van der Waals surface area contributed by atoms with E-state index in [-0.39, 0.29) is 0 Å². The molecule has 17 heavy (non-hydrogen) atoms. The van der Waals surface area contributed by atoms with E-state index in [1.165, 1.54) is 0 Å². The van der Waals surface area contributed by atoms with Gasteiger partial charge < -0.3 is 29.8 Å². The standard InChI is InChI=1S/C6H11F2O8P/c7-6(8)4(11)3(10)2(1-9)15-5(6)16-17(12,13)14/h2-5,9-11H,1H2,(H2,12,13,14)/t2-,3-,4-,5-/m1/s1. The SMILES string of the molecule is O=P(O)(O)O[C@H]1O[C@H](CO)[C@@H](O)[C@@H](O)C1(F)F. The van der Waals surface area contributed by atoms with Crippen molar-refractivity contribution in [1.82, 2.24) is 0 Å². The maximum absolute atomic E-state index is 13.3. The fourth-order valence-corrected chi connectivity index (χ4v) is 1.71. The number of ether oxygens (including phenoxy) is 1. The van der Waals surface area contributed by atoms with Crippen LogP contribution in [0.2, 0.25) is 0 Å². The van der Waals surface area contributed by atoms with Crippen LogP contribution >= 0.6 is 7.82 Å². The van der Waals surface area contributed by atoms with Gasteiger partial charge in [0.05, 0.1) is 6.61 Å². The first kappa shape index (κ1) is 14.9. The zero-order valence-electron chi connectivity index (χ0n) is 8.18. The summed E-state index contributed by atoms with van der Waals surface area (Å²) in [7, 11) is -5.28. The molecule has 1 rings (SSSR count). The van der Waals surface area contributed by atoms with Crippen molar-refractivity contribution in [2.45, 2.75) is 30.5 Å². The molecule has 11 heteroatoms. The molecule has 5 N–H and O–H groups in total. The second kappa shape index (κ2) is 4.82. The van der Waals surface area contributed by atoms with Crippen molar-refractivity contribution in [2.75, 3.05) is 6.61 Å². The summed E-state index contributed by atoms with van der Waals surface area (Å²) in [6.07, 6.45) is -9.18. The number of phosphoric acid groups is 1. The van der Waals surface area contributed by atoms with Crippen molar-refractivity contribution >= 4 is 7.82 Å². The Morgan fingerprint density at radius 3 is 2.29 bits per heavy atom. The molecule has 1 saturated heterocycles. The molecular formula is C6H11F2O8P. The minimum Gasteiger partial charge on any atom is -0.394 e. The highest BCUT2D eigenvalue weighted by Gasteiger charge is 2.59. The van der Waals surface area contributed by atoms with Crippen LogP contribution in [0.15, 0.2) is 0 Å². The highest BCUT2D eigenvalue weighted by molar-refractivity contribution is 7.46. The lowest BCUT2D eigenvalue weighted by atomic mass is 9.98. The van der Waals surface area contributed by atoms with Crippen molar-refractivity contribution in [2.24, 2.45) is 0 Å². The molecule has 1 aliphatic rings. The van der Waals surface area contributed by atoms with Gasteiger partial charge in [-0.25, -0.2) is 9.09 Å². The maximum Gasteiger partial charge on any atom is 0.472 e.